The first-order valence-electron chi connectivity index (χ1n) is 9.81. The molecule has 5 rings (SSSR count). The maximum Gasteiger partial charge on any atom is 0.270 e. The highest BCUT2D eigenvalue weighted by molar-refractivity contribution is 5.98. The number of fused-ring (bicyclic) bond motifs is 2. The van der Waals surface area contributed by atoms with Crippen molar-refractivity contribution in [3.8, 4) is 5.75 Å². The van der Waals surface area contributed by atoms with Crippen LogP contribution < -0.4 is 4.74 Å². The quantitative estimate of drug-likeness (QED) is 0.583. The van der Waals surface area contributed by atoms with Crippen molar-refractivity contribution < 1.29 is 9.53 Å². The molecule has 1 N–H and O–H groups in total. The molecule has 1 fully saturated rings. The number of carbonyl (C=O) groups excluding carboxylic acids is 1. The molecule has 0 atom stereocenters. The number of hydrogen-bond donors (Lipinski definition) is 1. The minimum Gasteiger partial charge on any atom is -0.497 e. The van der Waals surface area contributed by atoms with Crippen molar-refractivity contribution in [3.05, 3.63) is 66.1 Å². The van der Waals surface area contributed by atoms with Crippen LogP contribution in [0.25, 0.3) is 16.4 Å². The van der Waals surface area contributed by atoms with E-state index in [2.05, 4.69) is 27.1 Å². The molecule has 0 radical (unpaired) electrons. The van der Waals surface area contributed by atoms with Crippen LogP contribution in [0.1, 0.15) is 16.2 Å². The summed E-state index contributed by atoms with van der Waals surface area (Å²) in [5, 5.41) is 5.64. The molecule has 0 unspecified atom stereocenters. The van der Waals surface area contributed by atoms with Gasteiger partial charge in [-0.05, 0) is 36.4 Å². The Morgan fingerprint density at radius 3 is 2.76 bits per heavy atom. The Morgan fingerprint density at radius 2 is 1.97 bits per heavy atom. The second kappa shape index (κ2) is 7.25. The Labute approximate surface area is 168 Å². The predicted octanol–water partition coefficient (Wildman–Crippen LogP) is 2.78. The summed E-state index contributed by atoms with van der Waals surface area (Å²) in [4.78, 5) is 20.4. The van der Waals surface area contributed by atoms with Gasteiger partial charge in [-0.15, -0.1) is 0 Å². The second-order valence-corrected chi connectivity index (χ2v) is 7.41. The number of aromatic nitrogens is 3. The van der Waals surface area contributed by atoms with Gasteiger partial charge in [-0.25, -0.2) is 4.52 Å². The third kappa shape index (κ3) is 3.45. The summed E-state index contributed by atoms with van der Waals surface area (Å²) >= 11 is 0. The number of ether oxygens (including phenoxy) is 1. The molecule has 0 spiro atoms. The van der Waals surface area contributed by atoms with Crippen molar-refractivity contribution >= 4 is 22.3 Å². The zero-order valence-electron chi connectivity index (χ0n) is 16.3. The van der Waals surface area contributed by atoms with Crippen molar-refractivity contribution in [3.63, 3.8) is 0 Å². The van der Waals surface area contributed by atoms with E-state index in [9.17, 15) is 4.79 Å². The van der Waals surface area contributed by atoms with Crippen LogP contribution in [-0.4, -0.2) is 63.6 Å². The van der Waals surface area contributed by atoms with Crippen LogP contribution in [0.3, 0.4) is 0 Å². The normalized spacial score (nSPS) is 15.3. The summed E-state index contributed by atoms with van der Waals surface area (Å²) in [7, 11) is 1.64. The standard InChI is InChI=1S/C22H23N5O2/c1-29-19-6-5-16-12-21(23-20(16)14-19)22(28)26-10-8-25(9-11-26)15-17-13-18-4-2-3-7-27(18)24-17/h2-7,12-14,23H,8-11,15H2,1H3. The van der Waals surface area contributed by atoms with Crippen LogP contribution in [0.15, 0.2) is 54.7 Å². The summed E-state index contributed by atoms with van der Waals surface area (Å²) in [6.07, 6.45) is 1.96. The summed E-state index contributed by atoms with van der Waals surface area (Å²) < 4.78 is 7.16. The number of benzene rings is 1. The average molecular weight is 389 g/mol. The van der Waals surface area contributed by atoms with Gasteiger partial charge in [0.2, 0.25) is 0 Å². The van der Waals surface area contributed by atoms with Gasteiger partial charge in [0.05, 0.1) is 18.3 Å². The van der Waals surface area contributed by atoms with E-state index in [1.807, 2.05) is 52.0 Å². The van der Waals surface area contributed by atoms with Crippen LogP contribution in [0.4, 0.5) is 0 Å². The van der Waals surface area contributed by atoms with Crippen LogP contribution in [0.5, 0.6) is 5.75 Å². The Morgan fingerprint density at radius 1 is 1.10 bits per heavy atom. The molecule has 0 saturated carbocycles. The molecule has 148 valence electrons. The van der Waals surface area contributed by atoms with Gasteiger partial charge < -0.3 is 14.6 Å². The van der Waals surface area contributed by atoms with Crippen LogP contribution >= 0.6 is 0 Å². The molecule has 0 bridgehead atoms. The third-order valence-corrected chi connectivity index (χ3v) is 5.53. The second-order valence-electron chi connectivity index (χ2n) is 7.41. The van der Waals surface area contributed by atoms with E-state index in [4.69, 9.17) is 4.74 Å². The maximum absolute atomic E-state index is 12.9. The monoisotopic (exact) mass is 389 g/mol. The Kier molecular flexibility index (Phi) is 4.44. The van der Waals surface area contributed by atoms with Crippen molar-refractivity contribution in [2.75, 3.05) is 33.3 Å². The van der Waals surface area contributed by atoms with E-state index in [1.54, 1.807) is 7.11 Å². The highest BCUT2D eigenvalue weighted by Gasteiger charge is 2.24. The number of nitrogens with one attached hydrogen (secondary N) is 1. The molecule has 7 nitrogen and oxygen atoms in total. The molecule has 1 aliphatic rings. The number of carbonyl (C=O) groups is 1. The highest BCUT2D eigenvalue weighted by Crippen LogP contribution is 2.22. The van der Waals surface area contributed by atoms with Gasteiger partial charge in [-0.3, -0.25) is 9.69 Å². The molecule has 1 aliphatic heterocycles. The number of rotatable bonds is 4. The lowest BCUT2D eigenvalue weighted by molar-refractivity contribution is 0.0622. The van der Waals surface area contributed by atoms with E-state index < -0.39 is 0 Å². The number of amides is 1. The van der Waals surface area contributed by atoms with Gasteiger partial charge in [0.15, 0.2) is 0 Å². The van der Waals surface area contributed by atoms with Gasteiger partial charge in [-0.1, -0.05) is 6.07 Å². The summed E-state index contributed by atoms with van der Waals surface area (Å²) in [6.45, 7) is 3.91. The van der Waals surface area contributed by atoms with E-state index in [0.29, 0.717) is 18.8 Å². The van der Waals surface area contributed by atoms with E-state index >= 15 is 0 Å². The number of nitrogens with zero attached hydrogens (tertiary/aromatic N) is 4. The van der Waals surface area contributed by atoms with Gasteiger partial charge >= 0.3 is 0 Å². The topological polar surface area (TPSA) is 65.9 Å². The molecule has 1 aromatic carbocycles. The van der Waals surface area contributed by atoms with Crippen molar-refractivity contribution in [2.24, 2.45) is 0 Å². The lowest BCUT2D eigenvalue weighted by Gasteiger charge is -2.34. The van der Waals surface area contributed by atoms with Crippen molar-refractivity contribution in [1.82, 2.24) is 24.4 Å². The molecule has 0 aliphatic carbocycles. The predicted molar refractivity (Wildman–Crippen MR) is 111 cm³/mol. The fraction of sp³-hybridized carbons (Fsp3) is 0.273. The Bertz CT molecular complexity index is 1140. The number of aromatic amines is 1. The highest BCUT2D eigenvalue weighted by atomic mass is 16.5. The van der Waals surface area contributed by atoms with Gasteiger partial charge in [0, 0.05) is 55.9 Å². The smallest absolute Gasteiger partial charge is 0.270 e. The molecule has 3 aromatic heterocycles. The first-order chi connectivity index (χ1) is 14.2. The number of H-pyrrole nitrogens is 1. The molecule has 29 heavy (non-hydrogen) atoms. The zero-order valence-corrected chi connectivity index (χ0v) is 16.3. The lowest BCUT2D eigenvalue weighted by Crippen LogP contribution is -2.48. The first kappa shape index (κ1) is 17.8. The minimum atomic E-state index is 0.0487. The van der Waals surface area contributed by atoms with Gasteiger partial charge in [0.1, 0.15) is 11.4 Å². The fourth-order valence-corrected chi connectivity index (χ4v) is 3.93. The number of hydrogen-bond acceptors (Lipinski definition) is 4. The minimum absolute atomic E-state index is 0.0487. The molecule has 7 heteroatoms. The fourth-order valence-electron chi connectivity index (χ4n) is 3.93. The van der Waals surface area contributed by atoms with E-state index in [0.717, 1.165) is 47.5 Å². The number of piperazine rings is 1. The maximum atomic E-state index is 12.9. The molecule has 4 aromatic rings. The zero-order chi connectivity index (χ0) is 19.8. The van der Waals surface area contributed by atoms with E-state index in [-0.39, 0.29) is 5.91 Å². The number of pyridine rings is 1. The van der Waals surface area contributed by atoms with Crippen molar-refractivity contribution in [2.45, 2.75) is 6.54 Å². The van der Waals surface area contributed by atoms with Crippen LogP contribution in [0.2, 0.25) is 0 Å². The molecule has 4 heterocycles. The largest absolute Gasteiger partial charge is 0.497 e. The van der Waals surface area contributed by atoms with E-state index in [1.165, 1.54) is 0 Å². The van der Waals surface area contributed by atoms with Crippen LogP contribution in [-0.2, 0) is 6.54 Å². The molecule has 1 amide bonds. The molecule has 1 saturated heterocycles. The Hall–Kier alpha value is -3.32. The Balaban J connectivity index is 1.23. The SMILES string of the molecule is COc1ccc2cc(C(=O)N3CCN(Cc4cc5ccccn5n4)CC3)[nH]c2c1. The summed E-state index contributed by atoms with van der Waals surface area (Å²) in [6, 6.07) is 15.9. The summed E-state index contributed by atoms with van der Waals surface area (Å²) in [5.41, 5.74) is 3.70. The van der Waals surface area contributed by atoms with Gasteiger partial charge in [-0.2, -0.15) is 5.10 Å². The number of methoxy groups -OCH3 is 1. The van der Waals surface area contributed by atoms with Gasteiger partial charge in [0.25, 0.3) is 5.91 Å². The first-order valence-corrected chi connectivity index (χ1v) is 9.81. The lowest BCUT2D eigenvalue weighted by atomic mass is 10.2. The third-order valence-electron chi connectivity index (χ3n) is 5.53. The van der Waals surface area contributed by atoms with Crippen molar-refractivity contribution in [1.29, 1.82) is 0 Å². The molecular formula is C22H23N5O2. The summed E-state index contributed by atoms with van der Waals surface area (Å²) in [5.74, 6) is 0.825. The van der Waals surface area contributed by atoms with Crippen LogP contribution in [0, 0.1) is 0 Å². The molecular weight excluding hydrogens is 366 g/mol. The average Bonchev–Trinajstić information content (AvgIpc) is 3.36.